The quantitative estimate of drug-likeness (QED) is 0.376. The molecule has 1 fully saturated rings. The molecule has 26 heavy (non-hydrogen) atoms. The molecule has 0 aromatic carbocycles. The zero-order chi connectivity index (χ0) is 19.3. The number of nitrogens with one attached hydrogen (secondary N) is 1. The van der Waals surface area contributed by atoms with Crippen molar-refractivity contribution in [2.24, 2.45) is 5.92 Å². The first-order valence-electron chi connectivity index (χ1n) is 8.01. The fourth-order valence-corrected chi connectivity index (χ4v) is 3.33. The molecule has 1 aliphatic heterocycles. The first-order valence-corrected chi connectivity index (χ1v) is 9.50. The summed E-state index contributed by atoms with van der Waals surface area (Å²) in [5.41, 5.74) is -1.23. The lowest BCUT2D eigenvalue weighted by atomic mass is 10.0. The summed E-state index contributed by atoms with van der Waals surface area (Å²) in [6.45, 7) is 1.59. The van der Waals surface area contributed by atoms with Crippen LogP contribution < -0.4 is 11.2 Å². The van der Waals surface area contributed by atoms with Crippen molar-refractivity contribution in [1.29, 1.82) is 0 Å². The predicted octanol–water partition coefficient (Wildman–Crippen LogP) is -0.399. The highest BCUT2D eigenvalue weighted by atomic mass is 31.2. The van der Waals surface area contributed by atoms with Crippen LogP contribution in [0, 0.1) is 5.92 Å². The molecule has 2 heterocycles. The van der Waals surface area contributed by atoms with Crippen LogP contribution in [0.25, 0.3) is 0 Å². The number of hydrogen-bond acceptors (Lipinski definition) is 8. The summed E-state index contributed by atoms with van der Waals surface area (Å²) in [5, 5.41) is 10.3. The lowest BCUT2D eigenvalue weighted by Gasteiger charge is -2.18. The zero-order valence-electron chi connectivity index (χ0n) is 14.4. The molecule has 1 aromatic heterocycles. The molecular weight excluding hydrogens is 371 g/mol. The monoisotopic (exact) mass is 394 g/mol. The minimum Gasteiger partial charge on any atom is -0.390 e. The summed E-state index contributed by atoms with van der Waals surface area (Å²) in [7, 11) is -2.80. The van der Waals surface area contributed by atoms with Gasteiger partial charge in [0, 0.05) is 31.9 Å². The van der Waals surface area contributed by atoms with Gasteiger partial charge in [-0.25, -0.2) is 9.36 Å². The van der Waals surface area contributed by atoms with E-state index in [0.29, 0.717) is 13.0 Å². The number of aromatic amines is 1. The van der Waals surface area contributed by atoms with Gasteiger partial charge in [0.05, 0.1) is 19.3 Å². The van der Waals surface area contributed by atoms with Gasteiger partial charge in [-0.15, -0.1) is 0 Å². The molecule has 1 aromatic rings. The fraction of sp³-hybridized carbons (Fsp3) is 0.714. The van der Waals surface area contributed by atoms with E-state index in [2.05, 4.69) is 4.98 Å². The molecule has 0 aliphatic carbocycles. The molecule has 1 unspecified atom stereocenters. The van der Waals surface area contributed by atoms with Gasteiger partial charge < -0.3 is 19.5 Å². The zero-order valence-corrected chi connectivity index (χ0v) is 15.3. The molecule has 0 saturated carbocycles. The Hall–Kier alpha value is -1.33. The average Bonchev–Trinajstić information content (AvgIpc) is 2.85. The van der Waals surface area contributed by atoms with Gasteiger partial charge in [-0.05, 0) is 6.42 Å². The van der Waals surface area contributed by atoms with E-state index >= 15 is 0 Å². The first kappa shape index (κ1) is 21.0. The molecule has 11 nitrogen and oxygen atoms in total. The number of aliphatic hydroxyl groups excluding tert-OH is 1. The highest BCUT2D eigenvalue weighted by molar-refractivity contribution is 7.47. The molecule has 3 N–H and O–H groups in total. The molecule has 0 bridgehead atoms. The number of ether oxygens (including phenoxy) is 2. The lowest BCUT2D eigenvalue weighted by Crippen LogP contribution is -2.33. The maximum Gasteiger partial charge on any atom is 0.472 e. The maximum absolute atomic E-state index is 11.9. The molecular formula is C14H23N2O9P. The third-order valence-corrected chi connectivity index (χ3v) is 4.94. The van der Waals surface area contributed by atoms with Gasteiger partial charge in [-0.1, -0.05) is 6.92 Å². The van der Waals surface area contributed by atoms with E-state index in [0.717, 1.165) is 10.6 Å². The van der Waals surface area contributed by atoms with E-state index in [-0.39, 0.29) is 6.61 Å². The number of methoxy groups -OCH3 is 1. The number of H-pyrrole nitrogens is 1. The molecule has 12 heteroatoms. The third kappa shape index (κ3) is 5.34. The van der Waals surface area contributed by atoms with Crippen molar-refractivity contribution in [3.05, 3.63) is 33.1 Å². The molecule has 0 amide bonds. The highest BCUT2D eigenvalue weighted by Gasteiger charge is 2.43. The second-order valence-electron chi connectivity index (χ2n) is 5.88. The molecule has 0 radical (unpaired) electrons. The Kier molecular flexibility index (Phi) is 7.30. The second kappa shape index (κ2) is 9.05. The maximum atomic E-state index is 11.9. The molecule has 1 aliphatic rings. The van der Waals surface area contributed by atoms with Gasteiger partial charge in [0.2, 0.25) is 0 Å². The summed E-state index contributed by atoms with van der Waals surface area (Å²) < 4.78 is 33.0. The van der Waals surface area contributed by atoms with E-state index in [4.69, 9.17) is 18.5 Å². The van der Waals surface area contributed by atoms with Crippen molar-refractivity contribution in [3.8, 4) is 0 Å². The first-order chi connectivity index (χ1) is 12.2. The van der Waals surface area contributed by atoms with E-state index in [1.807, 2.05) is 0 Å². The second-order valence-corrected chi connectivity index (χ2v) is 7.33. The van der Waals surface area contributed by atoms with Crippen LogP contribution in [0.4, 0.5) is 0 Å². The topological polar surface area (TPSA) is 149 Å². The summed E-state index contributed by atoms with van der Waals surface area (Å²) in [6.07, 6.45) is -1.18. The van der Waals surface area contributed by atoms with Crippen molar-refractivity contribution in [2.45, 2.75) is 31.8 Å². The van der Waals surface area contributed by atoms with Crippen LogP contribution >= 0.6 is 7.82 Å². The van der Waals surface area contributed by atoms with E-state index in [1.165, 1.54) is 13.3 Å². The van der Waals surface area contributed by atoms with E-state index in [9.17, 15) is 24.2 Å². The van der Waals surface area contributed by atoms with Gasteiger partial charge in [0.25, 0.3) is 5.56 Å². The molecule has 1 saturated heterocycles. The van der Waals surface area contributed by atoms with Crippen LogP contribution in [0.15, 0.2) is 21.9 Å². The largest absolute Gasteiger partial charge is 0.472 e. The number of rotatable bonds is 9. The van der Waals surface area contributed by atoms with Crippen molar-refractivity contribution < 1.29 is 33.1 Å². The Balaban J connectivity index is 1.96. The molecule has 148 valence electrons. The van der Waals surface area contributed by atoms with Crippen LogP contribution in [0.5, 0.6) is 0 Å². The van der Waals surface area contributed by atoms with Gasteiger partial charge in [-0.2, -0.15) is 0 Å². The van der Waals surface area contributed by atoms with Crippen LogP contribution in [-0.2, 0) is 23.1 Å². The number of nitrogens with zero attached hydrogens (tertiary/aromatic N) is 1. The number of aliphatic hydroxyl groups is 1. The average molecular weight is 394 g/mol. The predicted molar refractivity (Wildman–Crippen MR) is 88.6 cm³/mol. The highest BCUT2D eigenvalue weighted by Crippen LogP contribution is 2.44. The molecule has 2 rings (SSSR count). The number of phosphoric ester groups is 1. The Morgan fingerprint density at radius 2 is 2.08 bits per heavy atom. The van der Waals surface area contributed by atoms with Crippen molar-refractivity contribution >= 4 is 7.82 Å². The van der Waals surface area contributed by atoms with Crippen molar-refractivity contribution in [2.75, 3.05) is 26.9 Å². The smallest absolute Gasteiger partial charge is 0.390 e. The van der Waals surface area contributed by atoms with E-state index < -0.39 is 50.0 Å². The summed E-state index contributed by atoms with van der Waals surface area (Å²) in [4.78, 5) is 34.7. The summed E-state index contributed by atoms with van der Waals surface area (Å²) >= 11 is 0. The van der Waals surface area contributed by atoms with Crippen molar-refractivity contribution in [3.63, 3.8) is 0 Å². The number of hydrogen-bond donors (Lipinski definition) is 3. The molecule has 0 spiro atoms. The SMILES string of the molecule is COCCCOP(=O)(O)OC[C@H]1O[C@@H](n2ccc(=O)[nH]c2=O)[C@@H](C)[C@@H]1O. The van der Waals surface area contributed by atoms with Crippen LogP contribution in [0.2, 0.25) is 0 Å². The standard InChI is InChI=1S/C14H23N2O9P/c1-9-12(18)10(8-24-26(20,21)23-7-3-6-22-2)25-13(9)16-5-4-11(17)15-14(16)19/h4-5,9-10,12-13,18H,3,6-8H2,1-2H3,(H,20,21)(H,15,17,19)/t9-,10+,12-,13+/m0/s1. The van der Waals surface area contributed by atoms with Gasteiger partial charge in [0.1, 0.15) is 12.3 Å². The number of phosphoric acid groups is 1. The van der Waals surface area contributed by atoms with Crippen molar-refractivity contribution in [1.82, 2.24) is 9.55 Å². The molecule has 5 atom stereocenters. The van der Waals surface area contributed by atoms with Gasteiger partial charge in [0.15, 0.2) is 0 Å². The Morgan fingerprint density at radius 3 is 2.73 bits per heavy atom. The minimum absolute atomic E-state index is 0.0263. The Bertz CT molecular complexity index is 748. The summed E-state index contributed by atoms with van der Waals surface area (Å²) in [5.74, 6) is -0.520. The third-order valence-electron chi connectivity index (χ3n) is 3.96. The Labute approximate surface area is 149 Å². The normalized spacial score (nSPS) is 28.2. The number of aromatic nitrogens is 2. The van der Waals surface area contributed by atoms with Gasteiger partial charge in [-0.3, -0.25) is 23.4 Å². The van der Waals surface area contributed by atoms with Crippen LogP contribution in [0.1, 0.15) is 19.6 Å². The summed E-state index contributed by atoms with van der Waals surface area (Å²) in [6, 6.07) is 1.16. The Morgan fingerprint density at radius 1 is 1.35 bits per heavy atom. The lowest BCUT2D eigenvalue weighted by molar-refractivity contribution is -0.0483. The van der Waals surface area contributed by atoms with E-state index in [1.54, 1.807) is 6.92 Å². The van der Waals surface area contributed by atoms with Crippen LogP contribution in [0.3, 0.4) is 0 Å². The van der Waals surface area contributed by atoms with Crippen LogP contribution in [-0.4, -0.2) is 58.7 Å². The fourth-order valence-electron chi connectivity index (χ4n) is 2.56. The minimum atomic E-state index is -4.30. The van der Waals surface area contributed by atoms with Gasteiger partial charge >= 0.3 is 13.5 Å².